The highest BCUT2D eigenvalue weighted by molar-refractivity contribution is 6.03. The van der Waals surface area contributed by atoms with Crippen LogP contribution >= 0.6 is 0 Å². The largest absolute Gasteiger partial charge is 0.451 e. The molecule has 0 aliphatic rings. The number of imide groups is 1. The van der Waals surface area contributed by atoms with Gasteiger partial charge in [-0.25, -0.2) is 14.3 Å². The summed E-state index contributed by atoms with van der Waals surface area (Å²) in [4.78, 5) is 48.5. The van der Waals surface area contributed by atoms with Crippen molar-refractivity contribution >= 4 is 28.7 Å². The van der Waals surface area contributed by atoms with Crippen molar-refractivity contribution in [3.63, 3.8) is 0 Å². The average Bonchev–Trinajstić information content (AvgIpc) is 2.66. The van der Waals surface area contributed by atoms with Crippen LogP contribution in [0, 0.1) is 11.8 Å². The van der Waals surface area contributed by atoms with Gasteiger partial charge in [-0.15, -0.1) is 0 Å². The standard InChI is InChI=1S/C20H26N4O5/c1-12(2)9-21-20(28)22-16(25)11-29-19(27)17-14-7-5-6-8-15(14)18(26)24(23-17)10-13(3)4/h5-8,12-13H,9-11H2,1-4H3,(H2,21,22,25,28). The van der Waals surface area contributed by atoms with Crippen molar-refractivity contribution in [1.82, 2.24) is 20.4 Å². The van der Waals surface area contributed by atoms with Crippen molar-refractivity contribution in [3.05, 3.63) is 40.3 Å². The number of urea groups is 1. The number of nitrogens with zero attached hydrogens (tertiary/aromatic N) is 2. The lowest BCUT2D eigenvalue weighted by molar-refractivity contribution is -0.123. The van der Waals surface area contributed by atoms with Crippen molar-refractivity contribution in [2.75, 3.05) is 13.2 Å². The molecule has 0 aliphatic heterocycles. The zero-order valence-electron chi connectivity index (χ0n) is 17.0. The van der Waals surface area contributed by atoms with Crippen LogP contribution in [0.4, 0.5) is 4.79 Å². The minimum absolute atomic E-state index is 0.0575. The van der Waals surface area contributed by atoms with Gasteiger partial charge in [0.15, 0.2) is 12.3 Å². The first-order valence-corrected chi connectivity index (χ1v) is 9.43. The number of hydrogen-bond donors (Lipinski definition) is 2. The van der Waals surface area contributed by atoms with E-state index in [0.29, 0.717) is 23.9 Å². The molecule has 2 N–H and O–H groups in total. The minimum atomic E-state index is -0.851. The number of aromatic nitrogens is 2. The van der Waals surface area contributed by atoms with E-state index in [4.69, 9.17) is 4.74 Å². The van der Waals surface area contributed by atoms with Gasteiger partial charge in [0.25, 0.3) is 11.5 Å². The van der Waals surface area contributed by atoms with Crippen LogP contribution in [0.15, 0.2) is 29.1 Å². The number of hydrogen-bond acceptors (Lipinski definition) is 6. The van der Waals surface area contributed by atoms with Gasteiger partial charge in [-0.05, 0) is 17.9 Å². The smallest absolute Gasteiger partial charge is 0.359 e. The number of esters is 1. The van der Waals surface area contributed by atoms with Crippen molar-refractivity contribution in [2.24, 2.45) is 11.8 Å². The summed E-state index contributed by atoms with van der Waals surface area (Å²) in [6.07, 6.45) is 0. The zero-order chi connectivity index (χ0) is 21.6. The Balaban J connectivity index is 2.14. The average molecular weight is 402 g/mol. The molecule has 2 aromatic rings. The van der Waals surface area contributed by atoms with Gasteiger partial charge in [-0.1, -0.05) is 45.9 Å². The quantitative estimate of drug-likeness (QED) is 0.680. The molecule has 9 nitrogen and oxygen atoms in total. The molecule has 0 fully saturated rings. The minimum Gasteiger partial charge on any atom is -0.451 e. The molecule has 0 radical (unpaired) electrons. The summed E-state index contributed by atoms with van der Waals surface area (Å²) in [5.41, 5.74) is -0.358. The first-order valence-electron chi connectivity index (χ1n) is 9.43. The molecule has 1 heterocycles. The van der Waals surface area contributed by atoms with E-state index in [9.17, 15) is 19.2 Å². The molecule has 0 spiro atoms. The summed E-state index contributed by atoms with van der Waals surface area (Å²) >= 11 is 0. The van der Waals surface area contributed by atoms with Crippen LogP contribution in [-0.2, 0) is 16.1 Å². The monoisotopic (exact) mass is 402 g/mol. The van der Waals surface area contributed by atoms with Crippen LogP contribution in [0.25, 0.3) is 10.8 Å². The van der Waals surface area contributed by atoms with Crippen molar-refractivity contribution in [1.29, 1.82) is 0 Å². The summed E-state index contributed by atoms with van der Waals surface area (Å²) in [6.45, 7) is 7.78. The highest BCUT2D eigenvalue weighted by atomic mass is 16.5. The lowest BCUT2D eigenvalue weighted by Crippen LogP contribution is -2.42. The molecule has 9 heteroatoms. The first kappa shape index (κ1) is 22.1. The molecule has 1 aromatic heterocycles. The molecule has 0 unspecified atom stereocenters. The molecule has 29 heavy (non-hydrogen) atoms. The van der Waals surface area contributed by atoms with E-state index in [1.54, 1.807) is 24.3 Å². The molecule has 0 bridgehead atoms. The number of rotatable bonds is 7. The molecule has 0 saturated heterocycles. The summed E-state index contributed by atoms with van der Waals surface area (Å²) in [7, 11) is 0. The Hall–Kier alpha value is -3.23. The maximum Gasteiger partial charge on any atom is 0.359 e. The van der Waals surface area contributed by atoms with Gasteiger partial charge in [0.2, 0.25) is 0 Å². The Morgan fingerprint density at radius 3 is 2.34 bits per heavy atom. The number of fused-ring (bicyclic) bond motifs is 1. The van der Waals surface area contributed by atoms with E-state index in [2.05, 4.69) is 15.7 Å². The second-order valence-electron chi connectivity index (χ2n) is 7.50. The predicted molar refractivity (Wildman–Crippen MR) is 108 cm³/mol. The van der Waals surface area contributed by atoms with E-state index in [1.807, 2.05) is 27.7 Å². The Morgan fingerprint density at radius 2 is 1.72 bits per heavy atom. The normalized spacial score (nSPS) is 11.0. The summed E-state index contributed by atoms with van der Waals surface area (Å²) in [5.74, 6) is -1.24. The van der Waals surface area contributed by atoms with Crippen molar-refractivity contribution in [2.45, 2.75) is 34.2 Å². The van der Waals surface area contributed by atoms with E-state index in [0.717, 1.165) is 0 Å². The van der Waals surface area contributed by atoms with Gasteiger partial charge in [0.05, 0.1) is 5.39 Å². The maximum atomic E-state index is 12.6. The Kier molecular flexibility index (Phi) is 7.46. The Morgan fingerprint density at radius 1 is 1.07 bits per heavy atom. The van der Waals surface area contributed by atoms with Crippen LogP contribution in [0.5, 0.6) is 0 Å². The third-order valence-corrected chi connectivity index (χ3v) is 3.86. The second-order valence-corrected chi connectivity index (χ2v) is 7.50. The van der Waals surface area contributed by atoms with Crippen LogP contribution in [0.3, 0.4) is 0 Å². The van der Waals surface area contributed by atoms with Crippen LogP contribution in [0.1, 0.15) is 38.2 Å². The van der Waals surface area contributed by atoms with Gasteiger partial charge < -0.3 is 10.1 Å². The molecular formula is C20H26N4O5. The number of amides is 3. The molecule has 3 amide bonds. The fraction of sp³-hybridized carbons (Fsp3) is 0.450. The first-order chi connectivity index (χ1) is 13.7. The number of nitrogens with one attached hydrogen (secondary N) is 2. The van der Waals surface area contributed by atoms with Crippen LogP contribution in [0.2, 0.25) is 0 Å². The lowest BCUT2D eigenvalue weighted by Gasteiger charge is -2.12. The van der Waals surface area contributed by atoms with Crippen LogP contribution < -0.4 is 16.2 Å². The zero-order valence-corrected chi connectivity index (χ0v) is 17.0. The van der Waals surface area contributed by atoms with Crippen LogP contribution in [-0.4, -0.2) is 40.8 Å². The topological polar surface area (TPSA) is 119 Å². The SMILES string of the molecule is CC(C)CNC(=O)NC(=O)COC(=O)c1nn(CC(C)C)c(=O)c2ccccc12. The van der Waals surface area contributed by atoms with Gasteiger partial charge in [-0.2, -0.15) is 5.10 Å². The van der Waals surface area contributed by atoms with Gasteiger partial charge in [0.1, 0.15) is 0 Å². The van der Waals surface area contributed by atoms with E-state index in [1.165, 1.54) is 4.68 Å². The third kappa shape index (κ3) is 6.13. The molecule has 0 atom stereocenters. The number of ether oxygens (including phenoxy) is 1. The summed E-state index contributed by atoms with van der Waals surface area (Å²) < 4.78 is 6.24. The van der Waals surface area contributed by atoms with Gasteiger partial charge in [-0.3, -0.25) is 14.9 Å². The molecule has 0 saturated carbocycles. The molecule has 156 valence electrons. The fourth-order valence-corrected chi connectivity index (χ4v) is 2.56. The van der Waals surface area contributed by atoms with Crippen molar-refractivity contribution < 1.29 is 19.1 Å². The summed E-state index contributed by atoms with van der Waals surface area (Å²) in [6, 6.07) is 5.92. The lowest BCUT2D eigenvalue weighted by atomic mass is 10.1. The second kappa shape index (κ2) is 9.81. The van der Waals surface area contributed by atoms with Gasteiger partial charge >= 0.3 is 12.0 Å². The Bertz CT molecular complexity index is 965. The third-order valence-electron chi connectivity index (χ3n) is 3.86. The van der Waals surface area contributed by atoms with E-state index < -0.39 is 24.5 Å². The van der Waals surface area contributed by atoms with Crippen molar-refractivity contribution in [3.8, 4) is 0 Å². The van der Waals surface area contributed by atoms with Gasteiger partial charge in [0, 0.05) is 18.5 Å². The number of carbonyl (C=O) groups is 3. The van der Waals surface area contributed by atoms with E-state index in [-0.39, 0.29) is 23.1 Å². The summed E-state index contributed by atoms with van der Waals surface area (Å²) in [5, 5.41) is 9.44. The Labute approximate surface area is 168 Å². The molecular weight excluding hydrogens is 376 g/mol. The maximum absolute atomic E-state index is 12.6. The molecule has 2 rings (SSSR count). The number of carbonyl (C=O) groups excluding carboxylic acids is 3. The van der Waals surface area contributed by atoms with E-state index >= 15 is 0 Å². The highest BCUT2D eigenvalue weighted by Crippen LogP contribution is 2.14. The number of benzene rings is 1. The fourth-order valence-electron chi connectivity index (χ4n) is 2.56. The highest BCUT2D eigenvalue weighted by Gasteiger charge is 2.20. The predicted octanol–water partition coefficient (Wildman–Crippen LogP) is 1.69. The molecule has 1 aromatic carbocycles. The molecule has 0 aliphatic carbocycles.